The van der Waals surface area contributed by atoms with E-state index < -0.39 is 11.9 Å². The maximum absolute atomic E-state index is 12.2. The van der Waals surface area contributed by atoms with E-state index in [2.05, 4.69) is 0 Å². The summed E-state index contributed by atoms with van der Waals surface area (Å²) < 4.78 is 11.4. The van der Waals surface area contributed by atoms with Crippen molar-refractivity contribution in [3.63, 3.8) is 0 Å². The second-order valence-corrected chi connectivity index (χ2v) is 6.21. The van der Waals surface area contributed by atoms with Gasteiger partial charge in [-0.1, -0.05) is 29.8 Å². The van der Waals surface area contributed by atoms with Gasteiger partial charge in [-0.25, -0.2) is 4.79 Å². The third-order valence-electron chi connectivity index (χ3n) is 4.02. The number of esters is 2. The van der Waals surface area contributed by atoms with Crippen molar-refractivity contribution < 1.29 is 23.9 Å². The van der Waals surface area contributed by atoms with E-state index in [4.69, 9.17) is 21.1 Å². The zero-order valence-electron chi connectivity index (χ0n) is 14.5. The Hall–Kier alpha value is -3.12. The molecule has 0 saturated heterocycles. The highest BCUT2D eigenvalue weighted by Crippen LogP contribution is 2.22. The SMILES string of the molecule is COC(=O)c1cn(CC(=O)OCC(=O)c2ccc(Cl)cc2)c2ccccc12. The smallest absolute Gasteiger partial charge is 0.340 e. The summed E-state index contributed by atoms with van der Waals surface area (Å²) in [6.07, 6.45) is 1.54. The molecule has 0 bridgehead atoms. The largest absolute Gasteiger partial charge is 0.465 e. The number of nitrogens with zero attached hydrogens (tertiary/aromatic N) is 1. The number of benzene rings is 2. The van der Waals surface area contributed by atoms with Crippen molar-refractivity contribution in [3.05, 3.63) is 70.9 Å². The molecule has 0 amide bonds. The molecule has 0 spiro atoms. The van der Waals surface area contributed by atoms with Crippen molar-refractivity contribution in [2.45, 2.75) is 6.54 Å². The first kappa shape index (κ1) is 18.7. The van der Waals surface area contributed by atoms with Crippen molar-refractivity contribution >= 4 is 40.2 Å². The van der Waals surface area contributed by atoms with Gasteiger partial charge in [-0.2, -0.15) is 0 Å². The van der Waals surface area contributed by atoms with Gasteiger partial charge in [-0.3, -0.25) is 9.59 Å². The Balaban J connectivity index is 1.70. The number of ether oxygens (including phenoxy) is 2. The summed E-state index contributed by atoms with van der Waals surface area (Å²) in [6, 6.07) is 13.5. The first-order valence-corrected chi connectivity index (χ1v) is 8.48. The van der Waals surface area contributed by atoms with Crippen LogP contribution in [0.3, 0.4) is 0 Å². The van der Waals surface area contributed by atoms with E-state index in [9.17, 15) is 14.4 Å². The van der Waals surface area contributed by atoms with Crippen LogP contribution in [-0.2, 0) is 20.8 Å². The van der Waals surface area contributed by atoms with Crippen LogP contribution < -0.4 is 0 Å². The maximum Gasteiger partial charge on any atom is 0.340 e. The molecule has 6 nitrogen and oxygen atoms in total. The number of rotatable bonds is 6. The third kappa shape index (κ3) is 4.17. The first-order chi connectivity index (χ1) is 13.0. The predicted molar refractivity (Wildman–Crippen MR) is 100 cm³/mol. The van der Waals surface area contributed by atoms with Gasteiger partial charge in [0, 0.05) is 27.7 Å². The quantitative estimate of drug-likeness (QED) is 0.479. The Morgan fingerprint density at radius 1 is 1.04 bits per heavy atom. The van der Waals surface area contributed by atoms with E-state index in [0.29, 0.717) is 27.1 Å². The van der Waals surface area contributed by atoms with Crippen molar-refractivity contribution in [2.75, 3.05) is 13.7 Å². The van der Waals surface area contributed by atoms with Crippen molar-refractivity contribution in [2.24, 2.45) is 0 Å². The number of carbonyl (C=O) groups is 3. The molecule has 0 aliphatic carbocycles. The van der Waals surface area contributed by atoms with Gasteiger partial charge in [-0.15, -0.1) is 0 Å². The zero-order chi connectivity index (χ0) is 19.4. The van der Waals surface area contributed by atoms with Crippen molar-refractivity contribution in [1.82, 2.24) is 4.57 Å². The second kappa shape index (κ2) is 8.05. The van der Waals surface area contributed by atoms with Crippen molar-refractivity contribution in [1.29, 1.82) is 0 Å². The predicted octanol–water partition coefficient (Wildman–Crippen LogP) is 3.51. The molecule has 138 valence electrons. The fourth-order valence-corrected chi connectivity index (χ4v) is 2.83. The fraction of sp³-hybridized carbons (Fsp3) is 0.150. The Morgan fingerprint density at radius 3 is 2.44 bits per heavy atom. The number of halogens is 1. The Bertz CT molecular complexity index is 1010. The number of aromatic nitrogens is 1. The van der Waals surface area contributed by atoms with Crippen LogP contribution in [0.1, 0.15) is 20.7 Å². The molecule has 0 N–H and O–H groups in total. The normalized spacial score (nSPS) is 10.6. The topological polar surface area (TPSA) is 74.6 Å². The van der Waals surface area contributed by atoms with Gasteiger partial charge >= 0.3 is 11.9 Å². The van der Waals surface area contributed by atoms with E-state index in [1.54, 1.807) is 59.3 Å². The molecule has 1 heterocycles. The fourth-order valence-electron chi connectivity index (χ4n) is 2.70. The van der Waals surface area contributed by atoms with Crippen LogP contribution in [0.5, 0.6) is 0 Å². The summed E-state index contributed by atoms with van der Waals surface area (Å²) in [5.74, 6) is -1.40. The molecule has 1 aromatic heterocycles. The monoisotopic (exact) mass is 385 g/mol. The van der Waals surface area contributed by atoms with Crippen LogP contribution in [-0.4, -0.2) is 36.0 Å². The number of carbonyl (C=O) groups excluding carboxylic acids is 3. The highest BCUT2D eigenvalue weighted by atomic mass is 35.5. The van der Waals surface area contributed by atoms with E-state index in [0.717, 1.165) is 0 Å². The minimum atomic E-state index is -0.588. The van der Waals surface area contributed by atoms with Gasteiger partial charge in [0.15, 0.2) is 12.4 Å². The van der Waals surface area contributed by atoms with Gasteiger partial charge in [-0.05, 0) is 30.3 Å². The lowest BCUT2D eigenvalue weighted by Gasteiger charge is -2.06. The molecule has 3 rings (SSSR count). The summed E-state index contributed by atoms with van der Waals surface area (Å²) in [7, 11) is 1.30. The van der Waals surface area contributed by atoms with E-state index in [-0.39, 0.29) is 18.9 Å². The number of ketones is 1. The minimum Gasteiger partial charge on any atom is -0.465 e. The lowest BCUT2D eigenvalue weighted by Crippen LogP contribution is -2.18. The molecular formula is C20H16ClNO5. The highest BCUT2D eigenvalue weighted by molar-refractivity contribution is 6.30. The first-order valence-electron chi connectivity index (χ1n) is 8.10. The molecule has 3 aromatic rings. The second-order valence-electron chi connectivity index (χ2n) is 5.77. The van der Waals surface area contributed by atoms with Crippen LogP contribution in [0.15, 0.2) is 54.7 Å². The molecular weight excluding hydrogens is 370 g/mol. The number of hydrogen-bond donors (Lipinski definition) is 0. The van der Waals surface area contributed by atoms with Gasteiger partial charge in [0.05, 0.1) is 12.7 Å². The summed E-state index contributed by atoms with van der Waals surface area (Å²) in [5, 5.41) is 1.19. The average molecular weight is 386 g/mol. The number of hydrogen-bond acceptors (Lipinski definition) is 5. The van der Waals surface area contributed by atoms with Crippen molar-refractivity contribution in [3.8, 4) is 0 Å². The third-order valence-corrected chi connectivity index (χ3v) is 4.28. The molecule has 0 unspecified atom stereocenters. The van der Waals surface area contributed by atoms with Crippen LogP contribution in [0.25, 0.3) is 10.9 Å². The molecule has 0 fully saturated rings. The summed E-state index contributed by atoms with van der Waals surface area (Å²) in [6.45, 7) is -0.505. The molecule has 7 heteroatoms. The standard InChI is InChI=1S/C20H16ClNO5/c1-26-20(25)16-10-22(17-5-3-2-4-15(16)17)11-19(24)27-12-18(23)13-6-8-14(21)9-7-13/h2-10H,11-12H2,1H3. The number of methoxy groups -OCH3 is 1. The number of fused-ring (bicyclic) bond motifs is 1. The minimum absolute atomic E-state index is 0.134. The van der Waals surface area contributed by atoms with Gasteiger partial charge in [0.1, 0.15) is 6.54 Å². The van der Waals surface area contributed by atoms with Crippen LogP contribution in [0.4, 0.5) is 0 Å². The van der Waals surface area contributed by atoms with E-state index in [1.165, 1.54) is 7.11 Å². The molecule has 27 heavy (non-hydrogen) atoms. The number of para-hydroxylation sites is 1. The molecule has 0 saturated carbocycles. The summed E-state index contributed by atoms with van der Waals surface area (Å²) in [4.78, 5) is 36.1. The summed E-state index contributed by atoms with van der Waals surface area (Å²) >= 11 is 5.78. The number of Topliss-reactive ketones (excluding diaryl/α,β-unsaturated/α-hetero) is 1. The molecule has 0 aliphatic heterocycles. The van der Waals surface area contributed by atoms with E-state index >= 15 is 0 Å². The van der Waals surface area contributed by atoms with Crippen LogP contribution >= 0.6 is 11.6 Å². The average Bonchev–Trinajstić information content (AvgIpc) is 3.04. The molecule has 0 radical (unpaired) electrons. The van der Waals surface area contributed by atoms with Gasteiger partial charge in [0.25, 0.3) is 0 Å². The van der Waals surface area contributed by atoms with Crippen LogP contribution in [0, 0.1) is 0 Å². The Kier molecular flexibility index (Phi) is 5.57. The van der Waals surface area contributed by atoms with Crippen LogP contribution in [0.2, 0.25) is 5.02 Å². The maximum atomic E-state index is 12.2. The van der Waals surface area contributed by atoms with E-state index in [1.807, 2.05) is 0 Å². The summed E-state index contributed by atoms with van der Waals surface area (Å²) in [5.41, 5.74) is 1.46. The van der Waals surface area contributed by atoms with Gasteiger partial charge in [0.2, 0.25) is 0 Å². The zero-order valence-corrected chi connectivity index (χ0v) is 15.2. The Labute approximate surface area is 160 Å². The molecule has 0 aliphatic rings. The Morgan fingerprint density at radius 2 is 1.74 bits per heavy atom. The molecule has 0 atom stereocenters. The lowest BCUT2D eigenvalue weighted by atomic mass is 10.1. The molecule has 2 aromatic carbocycles. The highest BCUT2D eigenvalue weighted by Gasteiger charge is 2.17. The lowest BCUT2D eigenvalue weighted by molar-refractivity contribution is -0.143. The van der Waals surface area contributed by atoms with Gasteiger partial charge < -0.3 is 14.0 Å².